The minimum absolute atomic E-state index is 0.0157. The molecule has 0 spiro atoms. The van der Waals surface area contributed by atoms with Crippen LogP contribution in [-0.4, -0.2) is 25.7 Å². The summed E-state index contributed by atoms with van der Waals surface area (Å²) in [4.78, 5) is 31.2. The molecule has 3 aromatic rings. The SMILES string of the molecule is Cc1cc(C)n(CC(=O)OC(C)c2nc3ccccc3c(=O)[nH]2)n1. The van der Waals surface area contributed by atoms with Gasteiger partial charge < -0.3 is 9.72 Å². The molecule has 124 valence electrons. The predicted molar refractivity (Wildman–Crippen MR) is 88.6 cm³/mol. The largest absolute Gasteiger partial charge is 0.453 e. The van der Waals surface area contributed by atoms with E-state index in [1.54, 1.807) is 35.9 Å². The van der Waals surface area contributed by atoms with E-state index in [0.717, 1.165) is 11.4 Å². The van der Waals surface area contributed by atoms with Crippen molar-refractivity contribution in [2.24, 2.45) is 0 Å². The Bertz CT molecular complexity index is 958. The van der Waals surface area contributed by atoms with Gasteiger partial charge in [0.25, 0.3) is 5.56 Å². The molecule has 7 heteroatoms. The number of H-pyrrole nitrogens is 1. The number of hydrogen-bond acceptors (Lipinski definition) is 5. The summed E-state index contributed by atoms with van der Waals surface area (Å²) in [6, 6.07) is 8.91. The van der Waals surface area contributed by atoms with Gasteiger partial charge in [-0.1, -0.05) is 12.1 Å². The van der Waals surface area contributed by atoms with Crippen molar-refractivity contribution in [2.45, 2.75) is 33.4 Å². The Balaban J connectivity index is 1.77. The topological polar surface area (TPSA) is 89.9 Å². The summed E-state index contributed by atoms with van der Waals surface area (Å²) in [6.45, 7) is 5.42. The van der Waals surface area contributed by atoms with Crippen LogP contribution < -0.4 is 5.56 Å². The van der Waals surface area contributed by atoms with E-state index in [4.69, 9.17) is 4.74 Å². The summed E-state index contributed by atoms with van der Waals surface area (Å²) in [5.74, 6) is -0.120. The maximum Gasteiger partial charge on any atom is 0.328 e. The third-order valence-corrected chi connectivity index (χ3v) is 3.71. The second-order valence-corrected chi connectivity index (χ2v) is 5.69. The smallest absolute Gasteiger partial charge is 0.328 e. The number of benzene rings is 1. The van der Waals surface area contributed by atoms with E-state index in [0.29, 0.717) is 16.7 Å². The molecule has 0 saturated heterocycles. The highest BCUT2D eigenvalue weighted by Crippen LogP contribution is 2.15. The lowest BCUT2D eigenvalue weighted by Crippen LogP contribution is -2.20. The Morgan fingerprint density at radius 1 is 1.33 bits per heavy atom. The monoisotopic (exact) mass is 326 g/mol. The van der Waals surface area contributed by atoms with E-state index in [9.17, 15) is 9.59 Å². The van der Waals surface area contributed by atoms with Crippen molar-refractivity contribution in [1.29, 1.82) is 0 Å². The normalized spacial score (nSPS) is 12.3. The number of ether oxygens (including phenoxy) is 1. The summed E-state index contributed by atoms with van der Waals surface area (Å²) in [7, 11) is 0. The number of hydrogen-bond donors (Lipinski definition) is 1. The van der Waals surface area contributed by atoms with Gasteiger partial charge in [-0.05, 0) is 39.0 Å². The zero-order valence-electron chi connectivity index (χ0n) is 13.7. The molecule has 0 aliphatic heterocycles. The summed E-state index contributed by atoms with van der Waals surface area (Å²) < 4.78 is 6.96. The summed E-state index contributed by atoms with van der Waals surface area (Å²) in [5, 5.41) is 4.73. The first kappa shape index (κ1) is 15.9. The highest BCUT2D eigenvalue weighted by molar-refractivity contribution is 5.77. The number of esters is 1. The standard InChI is InChI=1S/C17H18N4O3/c1-10-8-11(2)21(20-10)9-15(22)24-12(3)16-18-14-7-5-4-6-13(14)17(23)19-16/h4-8,12H,9H2,1-3H3,(H,18,19,23). The minimum Gasteiger partial charge on any atom is -0.453 e. The summed E-state index contributed by atoms with van der Waals surface area (Å²) in [6.07, 6.45) is -0.660. The quantitative estimate of drug-likeness (QED) is 0.741. The maximum absolute atomic E-state index is 12.1. The fraction of sp³-hybridized carbons (Fsp3) is 0.294. The number of nitrogens with one attached hydrogen (secondary N) is 1. The molecule has 1 atom stereocenters. The van der Waals surface area contributed by atoms with Crippen molar-refractivity contribution >= 4 is 16.9 Å². The van der Waals surface area contributed by atoms with Crippen molar-refractivity contribution in [2.75, 3.05) is 0 Å². The number of carbonyl (C=O) groups excluding carboxylic acids is 1. The molecule has 0 aliphatic carbocycles. The van der Waals surface area contributed by atoms with Crippen LogP contribution in [0.25, 0.3) is 10.9 Å². The summed E-state index contributed by atoms with van der Waals surface area (Å²) >= 11 is 0. The molecule has 1 unspecified atom stereocenters. The Labute approximate surface area is 138 Å². The highest BCUT2D eigenvalue weighted by Gasteiger charge is 2.16. The van der Waals surface area contributed by atoms with Crippen molar-refractivity contribution in [3.63, 3.8) is 0 Å². The predicted octanol–water partition coefficient (Wildman–Crippen LogP) is 2.04. The Morgan fingerprint density at radius 2 is 2.08 bits per heavy atom. The van der Waals surface area contributed by atoms with E-state index in [1.165, 1.54) is 0 Å². The summed E-state index contributed by atoms with van der Waals surface area (Å²) in [5.41, 5.74) is 2.04. The van der Waals surface area contributed by atoms with E-state index >= 15 is 0 Å². The zero-order chi connectivity index (χ0) is 17.3. The highest BCUT2D eigenvalue weighted by atomic mass is 16.5. The van der Waals surface area contributed by atoms with Gasteiger partial charge in [0, 0.05) is 5.69 Å². The Morgan fingerprint density at radius 3 is 2.79 bits per heavy atom. The number of nitrogens with zero attached hydrogens (tertiary/aromatic N) is 3. The van der Waals surface area contributed by atoms with Crippen LogP contribution in [0.2, 0.25) is 0 Å². The maximum atomic E-state index is 12.1. The number of fused-ring (bicyclic) bond motifs is 1. The molecular weight excluding hydrogens is 308 g/mol. The fourth-order valence-electron chi connectivity index (χ4n) is 2.54. The van der Waals surface area contributed by atoms with Crippen molar-refractivity contribution in [3.8, 4) is 0 Å². The molecule has 2 heterocycles. The lowest BCUT2D eigenvalue weighted by Gasteiger charge is -2.13. The molecule has 1 N–H and O–H groups in total. The molecular formula is C17H18N4O3. The number of aromatic amines is 1. The molecule has 7 nitrogen and oxygen atoms in total. The second-order valence-electron chi connectivity index (χ2n) is 5.69. The van der Waals surface area contributed by atoms with Crippen LogP contribution in [0.1, 0.15) is 30.2 Å². The van der Waals surface area contributed by atoms with Crippen molar-refractivity contribution in [3.05, 3.63) is 57.9 Å². The van der Waals surface area contributed by atoms with Crippen LogP contribution in [0, 0.1) is 13.8 Å². The number of rotatable bonds is 4. The van der Waals surface area contributed by atoms with E-state index in [1.807, 2.05) is 19.9 Å². The molecule has 3 rings (SSSR count). The first-order valence-corrected chi connectivity index (χ1v) is 7.63. The lowest BCUT2D eigenvalue weighted by molar-refractivity contribution is -0.150. The molecule has 0 saturated carbocycles. The first-order valence-electron chi connectivity index (χ1n) is 7.63. The van der Waals surface area contributed by atoms with E-state index < -0.39 is 12.1 Å². The lowest BCUT2D eigenvalue weighted by atomic mass is 10.2. The third kappa shape index (κ3) is 3.19. The van der Waals surface area contributed by atoms with Gasteiger partial charge in [0.05, 0.1) is 16.6 Å². The van der Waals surface area contributed by atoms with Gasteiger partial charge in [-0.2, -0.15) is 5.10 Å². The van der Waals surface area contributed by atoms with Crippen LogP contribution >= 0.6 is 0 Å². The van der Waals surface area contributed by atoms with Crippen LogP contribution in [0.5, 0.6) is 0 Å². The van der Waals surface area contributed by atoms with E-state index in [2.05, 4.69) is 15.1 Å². The average Bonchev–Trinajstić information content (AvgIpc) is 2.84. The number of aryl methyl sites for hydroxylation is 2. The fourth-order valence-corrected chi connectivity index (χ4v) is 2.54. The van der Waals surface area contributed by atoms with Crippen LogP contribution in [0.3, 0.4) is 0 Å². The van der Waals surface area contributed by atoms with Gasteiger partial charge in [-0.25, -0.2) is 4.98 Å². The van der Waals surface area contributed by atoms with Crippen molar-refractivity contribution in [1.82, 2.24) is 19.7 Å². The third-order valence-electron chi connectivity index (χ3n) is 3.71. The molecule has 0 amide bonds. The van der Waals surface area contributed by atoms with Gasteiger partial charge in [-0.3, -0.25) is 14.3 Å². The van der Waals surface area contributed by atoms with E-state index in [-0.39, 0.29) is 12.1 Å². The molecule has 2 aromatic heterocycles. The number of aromatic nitrogens is 4. The van der Waals surface area contributed by atoms with Gasteiger partial charge >= 0.3 is 5.97 Å². The number of para-hydroxylation sites is 1. The molecule has 1 aromatic carbocycles. The number of carbonyl (C=O) groups is 1. The van der Waals surface area contributed by atoms with Crippen LogP contribution in [-0.2, 0) is 16.1 Å². The second kappa shape index (κ2) is 6.27. The van der Waals surface area contributed by atoms with Gasteiger partial charge in [0.2, 0.25) is 0 Å². The van der Waals surface area contributed by atoms with Gasteiger partial charge in [0.15, 0.2) is 11.9 Å². The molecule has 0 bridgehead atoms. The van der Waals surface area contributed by atoms with Crippen molar-refractivity contribution < 1.29 is 9.53 Å². The first-order chi connectivity index (χ1) is 11.4. The van der Waals surface area contributed by atoms with Gasteiger partial charge in [-0.15, -0.1) is 0 Å². The molecule has 0 aliphatic rings. The zero-order valence-corrected chi connectivity index (χ0v) is 13.7. The Hall–Kier alpha value is -2.96. The molecule has 0 fully saturated rings. The molecule has 24 heavy (non-hydrogen) atoms. The van der Waals surface area contributed by atoms with Gasteiger partial charge in [0.1, 0.15) is 6.54 Å². The van der Waals surface area contributed by atoms with Crippen LogP contribution in [0.15, 0.2) is 35.1 Å². The minimum atomic E-state index is -0.660. The van der Waals surface area contributed by atoms with Crippen LogP contribution in [0.4, 0.5) is 0 Å². The molecule has 0 radical (unpaired) electrons. The Kier molecular flexibility index (Phi) is 4.16. The average molecular weight is 326 g/mol.